The van der Waals surface area contributed by atoms with Gasteiger partial charge in [0.2, 0.25) is 0 Å². The van der Waals surface area contributed by atoms with Crippen LogP contribution in [0.3, 0.4) is 0 Å². The molecule has 1 fully saturated rings. The predicted molar refractivity (Wildman–Crippen MR) is 70.1 cm³/mol. The van der Waals surface area contributed by atoms with Crippen LogP contribution in [0.25, 0.3) is 11.5 Å². The molecule has 0 spiro atoms. The summed E-state index contributed by atoms with van der Waals surface area (Å²) in [4.78, 5) is 0. The van der Waals surface area contributed by atoms with Gasteiger partial charge in [0.1, 0.15) is 11.5 Å². The van der Waals surface area contributed by atoms with Gasteiger partial charge in [-0.05, 0) is 44.7 Å². The fourth-order valence-corrected chi connectivity index (χ4v) is 2.26. The first-order chi connectivity index (χ1) is 8.74. The van der Waals surface area contributed by atoms with E-state index in [-0.39, 0.29) is 0 Å². The second-order valence-electron chi connectivity index (χ2n) is 5.19. The molecule has 3 rings (SSSR count). The Kier molecular flexibility index (Phi) is 2.96. The Morgan fingerprint density at radius 3 is 3.00 bits per heavy atom. The molecule has 96 valence electrons. The van der Waals surface area contributed by atoms with E-state index < -0.39 is 0 Å². The highest BCUT2D eigenvalue weighted by molar-refractivity contribution is 5.56. The van der Waals surface area contributed by atoms with Crippen LogP contribution in [0, 0.1) is 12.8 Å². The Morgan fingerprint density at radius 1 is 1.50 bits per heavy atom. The van der Waals surface area contributed by atoms with Crippen LogP contribution in [0.15, 0.2) is 22.7 Å². The standard InChI is InChI=1S/C14H19N3O/c1-9-3-6-13(18-9)14-12(8-16-17-14)7-15-10(2)11-4-5-11/h3,6,8,10-11,15H,4-5,7H2,1-2H3,(H,16,17). The average molecular weight is 245 g/mol. The van der Waals surface area contributed by atoms with Crippen LogP contribution in [0.1, 0.15) is 31.1 Å². The maximum Gasteiger partial charge on any atom is 0.152 e. The SMILES string of the molecule is Cc1ccc(-c2[nH]ncc2CNC(C)C2CC2)o1. The number of nitrogens with one attached hydrogen (secondary N) is 2. The van der Waals surface area contributed by atoms with Gasteiger partial charge >= 0.3 is 0 Å². The molecule has 2 aromatic rings. The van der Waals surface area contributed by atoms with E-state index in [1.54, 1.807) is 0 Å². The number of hydrogen-bond acceptors (Lipinski definition) is 3. The van der Waals surface area contributed by atoms with Crippen molar-refractivity contribution >= 4 is 0 Å². The zero-order valence-corrected chi connectivity index (χ0v) is 10.9. The normalized spacial score (nSPS) is 17.0. The Bertz CT molecular complexity index is 525. The smallest absolute Gasteiger partial charge is 0.152 e. The summed E-state index contributed by atoms with van der Waals surface area (Å²) in [5.41, 5.74) is 2.15. The molecule has 1 unspecified atom stereocenters. The maximum absolute atomic E-state index is 5.64. The first-order valence-corrected chi connectivity index (χ1v) is 6.56. The lowest BCUT2D eigenvalue weighted by Gasteiger charge is -2.12. The van der Waals surface area contributed by atoms with Crippen molar-refractivity contribution in [2.45, 2.75) is 39.3 Å². The summed E-state index contributed by atoms with van der Waals surface area (Å²) in [6.45, 7) is 5.05. The molecule has 0 aliphatic heterocycles. The third kappa shape index (κ3) is 2.34. The van der Waals surface area contributed by atoms with Crippen molar-refractivity contribution in [2.24, 2.45) is 5.92 Å². The van der Waals surface area contributed by atoms with E-state index in [1.165, 1.54) is 12.8 Å². The van der Waals surface area contributed by atoms with Crippen molar-refractivity contribution in [3.63, 3.8) is 0 Å². The van der Waals surface area contributed by atoms with Gasteiger partial charge in [0.15, 0.2) is 5.76 Å². The molecule has 2 N–H and O–H groups in total. The summed E-state index contributed by atoms with van der Waals surface area (Å²) in [5, 5.41) is 10.7. The van der Waals surface area contributed by atoms with Crippen molar-refractivity contribution in [1.29, 1.82) is 0 Å². The molecule has 4 heteroatoms. The van der Waals surface area contributed by atoms with E-state index in [9.17, 15) is 0 Å². The minimum Gasteiger partial charge on any atom is -0.460 e. The highest BCUT2D eigenvalue weighted by atomic mass is 16.3. The number of aromatic amines is 1. The molecule has 1 saturated carbocycles. The lowest BCUT2D eigenvalue weighted by Crippen LogP contribution is -2.27. The number of furan rings is 1. The molecule has 1 atom stereocenters. The van der Waals surface area contributed by atoms with E-state index in [0.717, 1.165) is 35.2 Å². The van der Waals surface area contributed by atoms with E-state index >= 15 is 0 Å². The second-order valence-corrected chi connectivity index (χ2v) is 5.19. The fraction of sp³-hybridized carbons (Fsp3) is 0.500. The molecule has 0 aromatic carbocycles. The largest absolute Gasteiger partial charge is 0.460 e. The van der Waals surface area contributed by atoms with Crippen LogP contribution < -0.4 is 5.32 Å². The first-order valence-electron chi connectivity index (χ1n) is 6.56. The summed E-state index contributed by atoms with van der Waals surface area (Å²) in [5.74, 6) is 2.65. The lowest BCUT2D eigenvalue weighted by atomic mass is 10.1. The number of rotatable bonds is 5. The van der Waals surface area contributed by atoms with Crippen LogP contribution >= 0.6 is 0 Å². The molecule has 1 aliphatic rings. The van der Waals surface area contributed by atoms with E-state index in [1.807, 2.05) is 25.3 Å². The van der Waals surface area contributed by atoms with Gasteiger partial charge in [-0.2, -0.15) is 5.10 Å². The average Bonchev–Trinajstić information content (AvgIpc) is 2.96. The highest BCUT2D eigenvalue weighted by Gasteiger charge is 2.27. The molecule has 0 bridgehead atoms. The minimum absolute atomic E-state index is 0.589. The first kappa shape index (κ1) is 11.5. The van der Waals surface area contributed by atoms with Gasteiger partial charge in [0, 0.05) is 18.2 Å². The quantitative estimate of drug-likeness (QED) is 0.851. The monoisotopic (exact) mass is 245 g/mol. The number of H-pyrrole nitrogens is 1. The van der Waals surface area contributed by atoms with Gasteiger partial charge in [-0.15, -0.1) is 0 Å². The third-order valence-electron chi connectivity index (χ3n) is 3.65. The Labute approximate surface area is 107 Å². The number of aromatic nitrogens is 2. The molecule has 4 nitrogen and oxygen atoms in total. The van der Waals surface area contributed by atoms with Gasteiger partial charge < -0.3 is 9.73 Å². The molecule has 1 aliphatic carbocycles. The van der Waals surface area contributed by atoms with Gasteiger partial charge in [-0.3, -0.25) is 5.10 Å². The zero-order chi connectivity index (χ0) is 12.5. The summed E-state index contributed by atoms with van der Waals surface area (Å²) in [7, 11) is 0. The Hall–Kier alpha value is -1.55. The van der Waals surface area contributed by atoms with Crippen molar-refractivity contribution < 1.29 is 4.42 Å². The van der Waals surface area contributed by atoms with Crippen LogP contribution in [-0.4, -0.2) is 16.2 Å². The molecule has 2 aromatic heterocycles. The Balaban J connectivity index is 1.70. The van der Waals surface area contributed by atoms with E-state index in [4.69, 9.17) is 4.42 Å². The number of hydrogen-bond donors (Lipinski definition) is 2. The highest BCUT2D eigenvalue weighted by Crippen LogP contribution is 2.32. The number of nitrogens with zero attached hydrogens (tertiary/aromatic N) is 1. The van der Waals surface area contributed by atoms with E-state index in [2.05, 4.69) is 22.4 Å². The van der Waals surface area contributed by atoms with Gasteiger partial charge in [0.05, 0.1) is 6.20 Å². The van der Waals surface area contributed by atoms with Gasteiger partial charge in [0.25, 0.3) is 0 Å². The van der Waals surface area contributed by atoms with Crippen molar-refractivity contribution in [3.05, 3.63) is 29.7 Å². The summed E-state index contributed by atoms with van der Waals surface area (Å²) in [6.07, 6.45) is 4.60. The fourth-order valence-electron chi connectivity index (χ4n) is 2.26. The van der Waals surface area contributed by atoms with Crippen molar-refractivity contribution in [2.75, 3.05) is 0 Å². The van der Waals surface area contributed by atoms with Crippen LogP contribution in [-0.2, 0) is 6.54 Å². The van der Waals surface area contributed by atoms with Crippen LogP contribution in [0.4, 0.5) is 0 Å². The zero-order valence-electron chi connectivity index (χ0n) is 10.9. The summed E-state index contributed by atoms with van der Waals surface area (Å²) < 4.78 is 5.64. The minimum atomic E-state index is 0.589. The van der Waals surface area contributed by atoms with Gasteiger partial charge in [-0.1, -0.05) is 0 Å². The van der Waals surface area contributed by atoms with E-state index in [0.29, 0.717) is 6.04 Å². The Morgan fingerprint density at radius 2 is 2.33 bits per heavy atom. The molecule has 0 saturated heterocycles. The van der Waals surface area contributed by atoms with Crippen LogP contribution in [0.5, 0.6) is 0 Å². The maximum atomic E-state index is 5.64. The lowest BCUT2D eigenvalue weighted by molar-refractivity contribution is 0.495. The number of aryl methyl sites for hydroxylation is 1. The molecular formula is C14H19N3O. The molecule has 2 heterocycles. The van der Waals surface area contributed by atoms with Crippen molar-refractivity contribution in [3.8, 4) is 11.5 Å². The molecular weight excluding hydrogens is 226 g/mol. The summed E-state index contributed by atoms with van der Waals surface area (Å²) >= 11 is 0. The topological polar surface area (TPSA) is 53.9 Å². The van der Waals surface area contributed by atoms with Crippen LogP contribution in [0.2, 0.25) is 0 Å². The van der Waals surface area contributed by atoms with Crippen molar-refractivity contribution in [1.82, 2.24) is 15.5 Å². The third-order valence-corrected chi connectivity index (χ3v) is 3.65. The summed E-state index contributed by atoms with van der Waals surface area (Å²) in [6, 6.07) is 4.54. The van der Waals surface area contributed by atoms with Gasteiger partial charge in [-0.25, -0.2) is 0 Å². The predicted octanol–water partition coefficient (Wildman–Crippen LogP) is 2.87. The molecule has 0 radical (unpaired) electrons. The molecule has 0 amide bonds. The molecule has 18 heavy (non-hydrogen) atoms. The second kappa shape index (κ2) is 4.61.